The van der Waals surface area contributed by atoms with Crippen molar-refractivity contribution < 1.29 is 0 Å². The third-order valence-electron chi connectivity index (χ3n) is 3.58. The van der Waals surface area contributed by atoms with Crippen LogP contribution in [-0.4, -0.2) is 24.5 Å². The number of likely N-dealkylation sites (tertiary alicyclic amines) is 1. The number of hydrogen-bond acceptors (Lipinski definition) is 1. The SMILES string of the molecule is CN1CCCCCC1Cc1ccccc1Cl. The molecule has 1 fully saturated rings. The highest BCUT2D eigenvalue weighted by Crippen LogP contribution is 2.22. The molecule has 0 radical (unpaired) electrons. The van der Waals surface area contributed by atoms with Gasteiger partial charge in [-0.3, -0.25) is 0 Å². The lowest BCUT2D eigenvalue weighted by atomic mass is 10.0. The van der Waals surface area contributed by atoms with E-state index in [4.69, 9.17) is 11.6 Å². The molecule has 2 rings (SSSR count). The predicted octanol–water partition coefficient (Wildman–Crippen LogP) is 3.76. The molecule has 1 saturated heterocycles. The normalized spacial score (nSPS) is 23.0. The molecular formula is C14H20ClN. The smallest absolute Gasteiger partial charge is 0.0438 e. The largest absolute Gasteiger partial charge is 0.303 e. The molecule has 1 heterocycles. The summed E-state index contributed by atoms with van der Waals surface area (Å²) in [6.07, 6.45) is 6.48. The van der Waals surface area contributed by atoms with Gasteiger partial charge in [0, 0.05) is 11.1 Å². The summed E-state index contributed by atoms with van der Waals surface area (Å²) in [6.45, 7) is 1.23. The van der Waals surface area contributed by atoms with Gasteiger partial charge in [-0.2, -0.15) is 0 Å². The van der Waals surface area contributed by atoms with Gasteiger partial charge < -0.3 is 4.90 Å². The van der Waals surface area contributed by atoms with Crippen molar-refractivity contribution in [3.8, 4) is 0 Å². The van der Waals surface area contributed by atoms with E-state index < -0.39 is 0 Å². The van der Waals surface area contributed by atoms with E-state index in [0.29, 0.717) is 6.04 Å². The van der Waals surface area contributed by atoms with Crippen LogP contribution in [0.5, 0.6) is 0 Å². The Morgan fingerprint density at radius 3 is 2.88 bits per heavy atom. The quantitative estimate of drug-likeness (QED) is 0.757. The fraction of sp³-hybridized carbons (Fsp3) is 0.571. The number of likely N-dealkylation sites (N-methyl/N-ethyl adjacent to an activating group) is 1. The van der Waals surface area contributed by atoms with E-state index in [1.165, 1.54) is 37.8 Å². The summed E-state index contributed by atoms with van der Waals surface area (Å²) in [5.74, 6) is 0. The molecule has 1 unspecified atom stereocenters. The van der Waals surface area contributed by atoms with Crippen molar-refractivity contribution in [3.05, 3.63) is 34.9 Å². The number of hydrogen-bond donors (Lipinski definition) is 0. The number of halogens is 1. The molecule has 1 aliphatic heterocycles. The molecule has 1 nitrogen and oxygen atoms in total. The van der Waals surface area contributed by atoms with Crippen LogP contribution in [0.25, 0.3) is 0 Å². The van der Waals surface area contributed by atoms with E-state index in [0.717, 1.165) is 11.4 Å². The lowest BCUT2D eigenvalue weighted by Crippen LogP contribution is -2.32. The first-order valence-corrected chi connectivity index (χ1v) is 6.59. The lowest BCUT2D eigenvalue weighted by Gasteiger charge is -2.26. The van der Waals surface area contributed by atoms with Gasteiger partial charge in [-0.05, 0) is 44.5 Å². The molecule has 0 saturated carbocycles. The zero-order chi connectivity index (χ0) is 11.4. The van der Waals surface area contributed by atoms with Crippen LogP contribution in [0.1, 0.15) is 31.2 Å². The fourth-order valence-corrected chi connectivity index (χ4v) is 2.71. The Morgan fingerprint density at radius 1 is 1.25 bits per heavy atom. The van der Waals surface area contributed by atoms with Gasteiger partial charge in [0.05, 0.1) is 0 Å². The Labute approximate surface area is 103 Å². The van der Waals surface area contributed by atoms with Gasteiger partial charge in [-0.25, -0.2) is 0 Å². The van der Waals surface area contributed by atoms with Gasteiger partial charge in [-0.15, -0.1) is 0 Å². The molecule has 1 aliphatic rings. The molecule has 0 bridgehead atoms. The number of rotatable bonds is 2. The van der Waals surface area contributed by atoms with Crippen LogP contribution in [-0.2, 0) is 6.42 Å². The summed E-state index contributed by atoms with van der Waals surface area (Å²) >= 11 is 6.21. The monoisotopic (exact) mass is 237 g/mol. The Bertz CT molecular complexity index is 337. The fourth-order valence-electron chi connectivity index (χ4n) is 2.50. The minimum absolute atomic E-state index is 0.669. The Morgan fingerprint density at radius 2 is 2.06 bits per heavy atom. The van der Waals surface area contributed by atoms with Crippen molar-refractivity contribution >= 4 is 11.6 Å². The van der Waals surface area contributed by atoms with Crippen molar-refractivity contribution in [2.75, 3.05) is 13.6 Å². The summed E-state index contributed by atoms with van der Waals surface area (Å²) in [4.78, 5) is 2.50. The van der Waals surface area contributed by atoms with Crippen molar-refractivity contribution in [1.29, 1.82) is 0 Å². The van der Waals surface area contributed by atoms with Gasteiger partial charge in [0.15, 0.2) is 0 Å². The molecular weight excluding hydrogens is 218 g/mol. The maximum absolute atomic E-state index is 6.21. The van der Waals surface area contributed by atoms with Crippen LogP contribution in [0.2, 0.25) is 5.02 Å². The average molecular weight is 238 g/mol. The van der Waals surface area contributed by atoms with Crippen LogP contribution < -0.4 is 0 Å². The molecule has 0 amide bonds. The van der Waals surface area contributed by atoms with Gasteiger partial charge in [0.25, 0.3) is 0 Å². The summed E-state index contributed by atoms with van der Waals surface area (Å²) in [5, 5.41) is 0.917. The van der Waals surface area contributed by atoms with E-state index in [9.17, 15) is 0 Å². The zero-order valence-electron chi connectivity index (χ0n) is 9.95. The molecule has 1 aromatic rings. The van der Waals surface area contributed by atoms with Crippen LogP contribution in [0.4, 0.5) is 0 Å². The van der Waals surface area contributed by atoms with Crippen LogP contribution in [0, 0.1) is 0 Å². The molecule has 0 aromatic heterocycles. The molecule has 2 heteroatoms. The highest BCUT2D eigenvalue weighted by molar-refractivity contribution is 6.31. The molecule has 0 aliphatic carbocycles. The Hall–Kier alpha value is -0.530. The van der Waals surface area contributed by atoms with Gasteiger partial charge in [0.1, 0.15) is 0 Å². The molecule has 88 valence electrons. The van der Waals surface area contributed by atoms with E-state index in [1.54, 1.807) is 0 Å². The van der Waals surface area contributed by atoms with E-state index in [2.05, 4.69) is 24.1 Å². The van der Waals surface area contributed by atoms with E-state index in [-0.39, 0.29) is 0 Å². The highest BCUT2D eigenvalue weighted by atomic mass is 35.5. The molecule has 1 atom stereocenters. The Balaban J connectivity index is 2.05. The topological polar surface area (TPSA) is 3.24 Å². The second kappa shape index (κ2) is 5.70. The van der Waals surface area contributed by atoms with Crippen molar-refractivity contribution in [1.82, 2.24) is 4.90 Å². The van der Waals surface area contributed by atoms with Crippen LogP contribution in [0.15, 0.2) is 24.3 Å². The predicted molar refractivity (Wildman–Crippen MR) is 70.0 cm³/mol. The summed E-state index contributed by atoms with van der Waals surface area (Å²) < 4.78 is 0. The highest BCUT2D eigenvalue weighted by Gasteiger charge is 2.18. The first-order valence-electron chi connectivity index (χ1n) is 6.21. The standard InChI is InChI=1S/C14H20ClN/c1-16-10-6-2-3-8-13(16)11-12-7-4-5-9-14(12)15/h4-5,7,9,13H,2-3,6,8,10-11H2,1H3. The van der Waals surface area contributed by atoms with E-state index in [1.807, 2.05) is 12.1 Å². The number of nitrogens with zero attached hydrogens (tertiary/aromatic N) is 1. The van der Waals surface area contributed by atoms with Gasteiger partial charge in [-0.1, -0.05) is 42.6 Å². The minimum atomic E-state index is 0.669. The van der Waals surface area contributed by atoms with Crippen molar-refractivity contribution in [2.24, 2.45) is 0 Å². The second-order valence-electron chi connectivity index (χ2n) is 4.78. The van der Waals surface area contributed by atoms with Crippen LogP contribution >= 0.6 is 11.6 Å². The third-order valence-corrected chi connectivity index (χ3v) is 3.95. The zero-order valence-corrected chi connectivity index (χ0v) is 10.7. The Kier molecular flexibility index (Phi) is 4.25. The van der Waals surface area contributed by atoms with Crippen molar-refractivity contribution in [2.45, 2.75) is 38.1 Å². The average Bonchev–Trinajstić information content (AvgIpc) is 2.48. The molecule has 16 heavy (non-hydrogen) atoms. The maximum Gasteiger partial charge on any atom is 0.0438 e. The van der Waals surface area contributed by atoms with Gasteiger partial charge >= 0.3 is 0 Å². The third kappa shape index (κ3) is 2.99. The van der Waals surface area contributed by atoms with Crippen LogP contribution in [0.3, 0.4) is 0 Å². The van der Waals surface area contributed by atoms with E-state index >= 15 is 0 Å². The second-order valence-corrected chi connectivity index (χ2v) is 5.19. The maximum atomic E-state index is 6.21. The molecule has 1 aromatic carbocycles. The first kappa shape index (κ1) is 11.9. The summed E-state index contributed by atoms with van der Waals surface area (Å²) in [5.41, 5.74) is 1.29. The first-order chi connectivity index (χ1) is 7.77. The minimum Gasteiger partial charge on any atom is -0.303 e. The molecule has 0 spiro atoms. The molecule has 0 N–H and O–H groups in total. The number of benzene rings is 1. The van der Waals surface area contributed by atoms with Crippen molar-refractivity contribution in [3.63, 3.8) is 0 Å². The summed E-state index contributed by atoms with van der Waals surface area (Å²) in [6, 6.07) is 8.90. The summed E-state index contributed by atoms with van der Waals surface area (Å²) in [7, 11) is 2.24. The lowest BCUT2D eigenvalue weighted by molar-refractivity contribution is 0.245. The van der Waals surface area contributed by atoms with Gasteiger partial charge in [0.2, 0.25) is 0 Å².